The molecule has 0 aliphatic heterocycles. The topological polar surface area (TPSA) is 54.8 Å². The summed E-state index contributed by atoms with van der Waals surface area (Å²) >= 11 is 0. The van der Waals surface area contributed by atoms with Crippen molar-refractivity contribution in [1.29, 1.82) is 0 Å². The first-order valence-corrected chi connectivity index (χ1v) is 10.2. The van der Waals surface area contributed by atoms with E-state index in [0.717, 1.165) is 12.1 Å². The fourth-order valence-electron chi connectivity index (χ4n) is 3.38. The Morgan fingerprint density at radius 2 is 1.29 bits per heavy atom. The van der Waals surface area contributed by atoms with Crippen molar-refractivity contribution in [1.82, 2.24) is 19.9 Å². The molecule has 0 unspecified atom stereocenters. The van der Waals surface area contributed by atoms with Gasteiger partial charge in [-0.15, -0.1) is 12.1 Å². The van der Waals surface area contributed by atoms with Gasteiger partial charge in [0.15, 0.2) is 0 Å². The summed E-state index contributed by atoms with van der Waals surface area (Å²) in [4.78, 5) is 17.4. The minimum absolute atomic E-state index is 0. The number of pyridine rings is 4. The smallest absolute Gasteiger partial charge is 0.378 e. The van der Waals surface area contributed by atoms with E-state index in [2.05, 4.69) is 32.1 Å². The average molecular weight is 661 g/mol. The van der Waals surface area contributed by atoms with Crippen molar-refractivity contribution < 1.29 is 38.6 Å². The fourth-order valence-corrected chi connectivity index (χ4v) is 3.38. The fraction of sp³-hybridized carbons (Fsp3) is 0.200. The van der Waals surface area contributed by atoms with E-state index in [1.165, 1.54) is 0 Å². The second kappa shape index (κ2) is 10.2. The summed E-state index contributed by atoms with van der Waals surface area (Å²) in [7, 11) is 3.63. The third-order valence-electron chi connectivity index (χ3n) is 5.36. The maximum absolute atomic E-state index is 14.4. The van der Waals surface area contributed by atoms with E-state index >= 15 is 0 Å². The minimum atomic E-state index is -1.03. The maximum Gasteiger partial charge on any atom is 2.00 e. The van der Waals surface area contributed by atoms with Crippen molar-refractivity contribution in [3.63, 3.8) is 0 Å². The molecule has 4 aromatic heterocycles. The van der Waals surface area contributed by atoms with Crippen LogP contribution >= 0.6 is 0 Å². The normalized spacial score (nSPS) is 11.2. The molecule has 0 amide bonds. The zero-order valence-corrected chi connectivity index (χ0v) is 21.4. The molecule has 0 spiro atoms. The van der Waals surface area contributed by atoms with Crippen LogP contribution in [0.1, 0.15) is 25.2 Å². The zero-order chi connectivity index (χ0) is 24.6. The molecule has 4 heterocycles. The molecular formula is C25H19F4N5Pt. The zero-order valence-electron chi connectivity index (χ0n) is 19.1. The molecular weight excluding hydrogens is 641 g/mol. The molecule has 0 saturated carbocycles. The van der Waals surface area contributed by atoms with Crippen LogP contribution in [0.4, 0.5) is 23.2 Å². The third-order valence-corrected chi connectivity index (χ3v) is 5.36. The SMILES string of the molecule is CN(C)c1cc(-c2[c-]cc(F)nc2F)nc(C(C)(C)c2cccc(-c3[c-]cc(F)nc3F)n2)c1.[Pt+2]. The molecule has 182 valence electrons. The predicted octanol–water partition coefficient (Wildman–Crippen LogP) is 5.15. The van der Waals surface area contributed by atoms with Crippen LogP contribution in [0.3, 0.4) is 0 Å². The van der Waals surface area contributed by atoms with Crippen LogP contribution in [-0.2, 0) is 26.5 Å². The molecule has 4 rings (SSSR count). The summed E-state index contributed by atoms with van der Waals surface area (Å²) in [6.07, 6.45) is 0. The van der Waals surface area contributed by atoms with Crippen molar-refractivity contribution in [2.75, 3.05) is 19.0 Å². The number of hydrogen-bond donors (Lipinski definition) is 0. The third kappa shape index (κ3) is 5.40. The summed E-state index contributed by atoms with van der Waals surface area (Å²) in [5.41, 5.74) is 1.24. The van der Waals surface area contributed by atoms with Crippen LogP contribution in [-0.4, -0.2) is 34.0 Å². The number of anilines is 1. The summed E-state index contributed by atoms with van der Waals surface area (Å²) in [6.45, 7) is 3.72. The Balaban J connectivity index is 0.00000342. The summed E-state index contributed by atoms with van der Waals surface area (Å²) in [5, 5.41) is 0. The van der Waals surface area contributed by atoms with Gasteiger partial charge in [0.05, 0.1) is 0 Å². The van der Waals surface area contributed by atoms with Crippen LogP contribution in [0, 0.1) is 35.9 Å². The van der Waals surface area contributed by atoms with E-state index < -0.39 is 29.2 Å². The van der Waals surface area contributed by atoms with E-state index in [4.69, 9.17) is 0 Å². The van der Waals surface area contributed by atoms with E-state index in [-0.39, 0.29) is 43.6 Å². The van der Waals surface area contributed by atoms with Gasteiger partial charge in [-0.2, -0.15) is 0 Å². The van der Waals surface area contributed by atoms with Crippen LogP contribution < -0.4 is 4.90 Å². The largest absolute Gasteiger partial charge is 2.00 e. The average Bonchev–Trinajstić information content (AvgIpc) is 2.79. The van der Waals surface area contributed by atoms with Gasteiger partial charge in [-0.3, -0.25) is 9.97 Å². The van der Waals surface area contributed by atoms with E-state index in [9.17, 15) is 17.6 Å². The van der Waals surface area contributed by atoms with Gasteiger partial charge < -0.3 is 14.9 Å². The summed E-state index contributed by atoms with van der Waals surface area (Å²) in [5.74, 6) is -4.01. The van der Waals surface area contributed by atoms with Gasteiger partial charge in [-0.25, -0.2) is 17.6 Å². The van der Waals surface area contributed by atoms with Crippen LogP contribution in [0.25, 0.3) is 22.5 Å². The molecule has 35 heavy (non-hydrogen) atoms. The predicted molar refractivity (Wildman–Crippen MR) is 119 cm³/mol. The number of halogens is 4. The molecule has 0 N–H and O–H groups in total. The molecule has 0 aliphatic rings. The molecule has 0 atom stereocenters. The van der Waals surface area contributed by atoms with Crippen molar-refractivity contribution >= 4 is 5.69 Å². The van der Waals surface area contributed by atoms with Gasteiger partial charge in [0, 0.05) is 36.6 Å². The second-order valence-corrected chi connectivity index (χ2v) is 8.30. The molecule has 10 heteroatoms. The standard InChI is InChI=1S/C25H19F4N5.Pt/c1-25(2,19-7-5-6-17(30-19)15-8-10-21(26)32-23(15)28)20-13-14(34(3)4)12-18(31-20)16-9-11-22(27)33-24(16)29;/h5-7,10-13H,1-4H3;/q-2;+2. The molecule has 0 aromatic carbocycles. The van der Waals surface area contributed by atoms with Crippen LogP contribution in [0.5, 0.6) is 0 Å². The molecule has 0 saturated heterocycles. The molecule has 0 aliphatic carbocycles. The Kier molecular flexibility index (Phi) is 7.70. The van der Waals surface area contributed by atoms with Crippen molar-refractivity contribution in [3.8, 4) is 22.5 Å². The first-order valence-electron chi connectivity index (χ1n) is 10.2. The molecule has 0 radical (unpaired) electrons. The Morgan fingerprint density at radius 1 is 0.743 bits per heavy atom. The molecule has 5 nitrogen and oxygen atoms in total. The number of hydrogen-bond acceptors (Lipinski definition) is 5. The quantitative estimate of drug-likeness (QED) is 0.169. The Hall–Kier alpha value is -3.19. The van der Waals surface area contributed by atoms with Crippen molar-refractivity contribution in [3.05, 3.63) is 89.8 Å². The maximum atomic E-state index is 14.4. The van der Waals surface area contributed by atoms with Gasteiger partial charge in [0.25, 0.3) is 0 Å². The summed E-state index contributed by atoms with van der Waals surface area (Å²) < 4.78 is 55.2. The molecule has 4 aromatic rings. The van der Waals surface area contributed by atoms with E-state index in [1.807, 2.05) is 38.9 Å². The van der Waals surface area contributed by atoms with Gasteiger partial charge in [0.1, 0.15) is 23.8 Å². The minimum Gasteiger partial charge on any atom is -0.378 e. The van der Waals surface area contributed by atoms with E-state index in [0.29, 0.717) is 17.1 Å². The van der Waals surface area contributed by atoms with Gasteiger partial charge in [-0.1, -0.05) is 41.5 Å². The number of aromatic nitrogens is 4. The monoisotopic (exact) mass is 660 g/mol. The van der Waals surface area contributed by atoms with Gasteiger partial charge >= 0.3 is 21.1 Å². The number of nitrogens with zero attached hydrogens (tertiary/aromatic N) is 5. The Morgan fingerprint density at radius 3 is 1.83 bits per heavy atom. The van der Waals surface area contributed by atoms with Crippen LogP contribution in [0.2, 0.25) is 0 Å². The second-order valence-electron chi connectivity index (χ2n) is 8.30. The first-order chi connectivity index (χ1) is 16.1. The molecule has 0 bridgehead atoms. The van der Waals surface area contributed by atoms with Crippen molar-refractivity contribution in [2.24, 2.45) is 0 Å². The van der Waals surface area contributed by atoms with Crippen molar-refractivity contribution in [2.45, 2.75) is 19.3 Å². The first kappa shape index (κ1) is 26.4. The van der Waals surface area contributed by atoms with E-state index in [1.54, 1.807) is 24.3 Å². The number of rotatable bonds is 5. The summed E-state index contributed by atoms with van der Waals surface area (Å²) in [6, 6.07) is 15.4. The van der Waals surface area contributed by atoms with Gasteiger partial charge in [-0.05, 0) is 37.4 Å². The van der Waals surface area contributed by atoms with Crippen LogP contribution in [0.15, 0.2) is 42.5 Å². The molecule has 0 fully saturated rings. The van der Waals surface area contributed by atoms with Gasteiger partial charge in [0.2, 0.25) is 0 Å². The Labute approximate surface area is 214 Å². The Bertz CT molecular complexity index is 1380.